The summed E-state index contributed by atoms with van der Waals surface area (Å²) in [6, 6.07) is 24.3. The van der Waals surface area contributed by atoms with Crippen LogP contribution in [0.1, 0.15) is 22.6 Å². The second-order valence-electron chi connectivity index (χ2n) is 7.40. The lowest BCUT2D eigenvalue weighted by molar-refractivity contribution is -0.115. The molecule has 1 N–H and O–H groups in total. The quantitative estimate of drug-likeness (QED) is 0.381. The molecule has 6 heteroatoms. The maximum absolute atomic E-state index is 12.4. The molecule has 0 saturated carbocycles. The van der Waals surface area contributed by atoms with Crippen LogP contribution in [0.2, 0.25) is 0 Å². The number of benzene rings is 3. The third-order valence-electron chi connectivity index (χ3n) is 4.97. The van der Waals surface area contributed by atoms with E-state index in [9.17, 15) is 4.79 Å². The molecule has 0 bridgehead atoms. The summed E-state index contributed by atoms with van der Waals surface area (Å²) >= 11 is 0. The molecule has 162 valence electrons. The number of aryl methyl sites for hydroxylation is 2. The van der Waals surface area contributed by atoms with E-state index in [1.807, 2.05) is 92.7 Å². The summed E-state index contributed by atoms with van der Waals surface area (Å²) in [5, 5.41) is 6.84. The van der Waals surface area contributed by atoms with Crippen molar-refractivity contribution >= 4 is 11.6 Å². The number of hydrogen-bond acceptors (Lipinski definition) is 5. The number of hydrogen-bond donors (Lipinski definition) is 1. The van der Waals surface area contributed by atoms with Crippen LogP contribution in [0.15, 0.2) is 83.4 Å². The smallest absolute Gasteiger partial charge is 0.228 e. The number of amides is 1. The fourth-order valence-corrected chi connectivity index (χ4v) is 3.19. The van der Waals surface area contributed by atoms with E-state index in [1.165, 1.54) is 0 Å². The van der Waals surface area contributed by atoms with Gasteiger partial charge < -0.3 is 19.3 Å². The van der Waals surface area contributed by atoms with Gasteiger partial charge in [0, 0.05) is 5.69 Å². The van der Waals surface area contributed by atoms with Gasteiger partial charge in [0.05, 0.1) is 17.7 Å². The van der Waals surface area contributed by atoms with E-state index < -0.39 is 0 Å². The summed E-state index contributed by atoms with van der Waals surface area (Å²) in [6.45, 7) is 4.15. The maximum atomic E-state index is 12.4. The second kappa shape index (κ2) is 9.83. The molecule has 6 nitrogen and oxygen atoms in total. The molecule has 32 heavy (non-hydrogen) atoms. The number of aromatic nitrogens is 1. The molecule has 3 aromatic carbocycles. The first-order chi connectivity index (χ1) is 15.6. The maximum Gasteiger partial charge on any atom is 0.228 e. The zero-order chi connectivity index (χ0) is 22.3. The number of ether oxygens (including phenoxy) is 2. The Hall–Kier alpha value is -4.06. The third kappa shape index (κ3) is 5.55. The average molecular weight is 428 g/mol. The first kappa shape index (κ1) is 21.2. The van der Waals surface area contributed by atoms with Crippen molar-refractivity contribution in [3.8, 4) is 17.2 Å². The Morgan fingerprint density at radius 2 is 1.53 bits per heavy atom. The topological polar surface area (TPSA) is 73.6 Å². The predicted octanol–water partition coefficient (Wildman–Crippen LogP) is 5.84. The highest BCUT2D eigenvalue weighted by Gasteiger charge is 2.10. The molecule has 0 saturated heterocycles. The molecule has 1 amide bonds. The minimum atomic E-state index is -0.0916. The number of carbonyl (C=O) groups excluding carboxylic acids is 1. The van der Waals surface area contributed by atoms with Crippen molar-refractivity contribution < 1.29 is 18.8 Å². The van der Waals surface area contributed by atoms with E-state index in [0.717, 1.165) is 39.8 Å². The Labute approximate surface area is 186 Å². The molecule has 0 aliphatic rings. The zero-order valence-electron chi connectivity index (χ0n) is 18.0. The van der Waals surface area contributed by atoms with Gasteiger partial charge in [0.25, 0.3) is 0 Å². The fraction of sp³-hybridized carbons (Fsp3) is 0.154. The van der Waals surface area contributed by atoms with Gasteiger partial charge in [-0.25, -0.2) is 0 Å². The van der Waals surface area contributed by atoms with E-state index in [4.69, 9.17) is 14.0 Å². The van der Waals surface area contributed by atoms with E-state index in [2.05, 4.69) is 10.5 Å². The lowest BCUT2D eigenvalue weighted by Gasteiger charge is -2.09. The van der Waals surface area contributed by atoms with Crippen LogP contribution in [0.3, 0.4) is 0 Å². The number of rotatable bonds is 8. The molecule has 0 radical (unpaired) electrons. The molecule has 0 atom stereocenters. The molecule has 4 aromatic rings. The molecule has 1 heterocycles. The number of para-hydroxylation sites is 1. The van der Waals surface area contributed by atoms with E-state index in [0.29, 0.717) is 12.4 Å². The number of anilines is 1. The molecule has 4 rings (SSSR count). The highest BCUT2D eigenvalue weighted by atomic mass is 16.5. The van der Waals surface area contributed by atoms with Gasteiger partial charge in [-0.05, 0) is 67.9 Å². The Morgan fingerprint density at radius 3 is 2.19 bits per heavy atom. The van der Waals surface area contributed by atoms with Crippen molar-refractivity contribution in [2.24, 2.45) is 0 Å². The van der Waals surface area contributed by atoms with Crippen LogP contribution < -0.4 is 14.8 Å². The summed E-state index contributed by atoms with van der Waals surface area (Å²) in [5.74, 6) is 2.87. The lowest BCUT2D eigenvalue weighted by atomic mass is 10.1. The monoisotopic (exact) mass is 428 g/mol. The van der Waals surface area contributed by atoms with Crippen molar-refractivity contribution in [3.05, 3.63) is 101 Å². The molecule has 1 aromatic heterocycles. The third-order valence-corrected chi connectivity index (χ3v) is 4.97. The van der Waals surface area contributed by atoms with Crippen LogP contribution in [-0.2, 0) is 17.8 Å². The Bertz CT molecular complexity index is 1150. The summed E-state index contributed by atoms with van der Waals surface area (Å²) in [5.41, 5.74) is 3.40. The van der Waals surface area contributed by atoms with E-state index in [1.54, 1.807) is 0 Å². The minimum Gasteiger partial charge on any atom is -0.489 e. The second-order valence-corrected chi connectivity index (χ2v) is 7.40. The summed E-state index contributed by atoms with van der Waals surface area (Å²) in [4.78, 5) is 12.4. The molecular weight excluding hydrogens is 404 g/mol. The van der Waals surface area contributed by atoms with Crippen LogP contribution in [-0.4, -0.2) is 11.1 Å². The molecule has 0 spiro atoms. The van der Waals surface area contributed by atoms with Gasteiger partial charge in [0.15, 0.2) is 0 Å². The van der Waals surface area contributed by atoms with E-state index >= 15 is 0 Å². The average Bonchev–Trinajstić information content (AvgIpc) is 3.12. The van der Waals surface area contributed by atoms with Gasteiger partial charge in [-0.2, -0.15) is 0 Å². The summed E-state index contributed by atoms with van der Waals surface area (Å²) in [7, 11) is 0. The number of carbonyl (C=O) groups is 1. The van der Waals surface area contributed by atoms with Crippen LogP contribution in [0.5, 0.6) is 17.2 Å². The van der Waals surface area contributed by atoms with Crippen LogP contribution in [0.4, 0.5) is 5.69 Å². The molecule has 0 aliphatic heterocycles. The standard InChI is InChI=1S/C26H24N2O4/c1-18-25(19(2)32-28-18)17-30-22-12-8-20(9-13-22)16-26(29)27-21-10-14-24(15-11-21)31-23-6-4-3-5-7-23/h3-15H,16-17H2,1-2H3,(H,27,29). The summed E-state index contributed by atoms with van der Waals surface area (Å²) in [6.07, 6.45) is 0.270. The Morgan fingerprint density at radius 1 is 0.875 bits per heavy atom. The van der Waals surface area contributed by atoms with Crippen molar-refractivity contribution in [1.82, 2.24) is 5.16 Å². The first-order valence-corrected chi connectivity index (χ1v) is 10.3. The predicted molar refractivity (Wildman–Crippen MR) is 122 cm³/mol. The Kier molecular flexibility index (Phi) is 6.51. The van der Waals surface area contributed by atoms with Gasteiger partial charge in [-0.1, -0.05) is 35.5 Å². The van der Waals surface area contributed by atoms with Crippen molar-refractivity contribution in [2.45, 2.75) is 26.9 Å². The number of nitrogens with zero attached hydrogens (tertiary/aromatic N) is 1. The molecule has 0 unspecified atom stereocenters. The molecule has 0 fully saturated rings. The highest BCUT2D eigenvalue weighted by Crippen LogP contribution is 2.23. The van der Waals surface area contributed by atoms with Crippen LogP contribution in [0, 0.1) is 13.8 Å². The first-order valence-electron chi connectivity index (χ1n) is 10.3. The Balaban J connectivity index is 1.27. The normalized spacial score (nSPS) is 10.6. The van der Waals surface area contributed by atoms with Crippen molar-refractivity contribution in [1.29, 1.82) is 0 Å². The largest absolute Gasteiger partial charge is 0.489 e. The highest BCUT2D eigenvalue weighted by molar-refractivity contribution is 5.92. The van der Waals surface area contributed by atoms with Crippen LogP contribution >= 0.6 is 0 Å². The minimum absolute atomic E-state index is 0.0916. The SMILES string of the molecule is Cc1noc(C)c1COc1ccc(CC(=O)Nc2ccc(Oc3ccccc3)cc2)cc1. The number of nitrogens with one attached hydrogen (secondary N) is 1. The molecular formula is C26H24N2O4. The van der Waals surface area contributed by atoms with Crippen molar-refractivity contribution in [3.63, 3.8) is 0 Å². The van der Waals surface area contributed by atoms with Crippen molar-refractivity contribution in [2.75, 3.05) is 5.32 Å². The van der Waals surface area contributed by atoms with Gasteiger partial charge in [-0.3, -0.25) is 4.79 Å². The summed E-state index contributed by atoms with van der Waals surface area (Å²) < 4.78 is 16.7. The van der Waals surface area contributed by atoms with Gasteiger partial charge in [0.2, 0.25) is 5.91 Å². The van der Waals surface area contributed by atoms with Gasteiger partial charge >= 0.3 is 0 Å². The molecule has 0 aliphatic carbocycles. The van der Waals surface area contributed by atoms with E-state index in [-0.39, 0.29) is 12.3 Å². The van der Waals surface area contributed by atoms with Gasteiger partial charge in [0.1, 0.15) is 29.6 Å². The van der Waals surface area contributed by atoms with Gasteiger partial charge in [-0.15, -0.1) is 0 Å². The fourth-order valence-electron chi connectivity index (χ4n) is 3.19. The zero-order valence-corrected chi connectivity index (χ0v) is 18.0. The lowest BCUT2D eigenvalue weighted by Crippen LogP contribution is -2.14. The van der Waals surface area contributed by atoms with Crippen LogP contribution in [0.25, 0.3) is 0 Å².